The van der Waals surface area contributed by atoms with Crippen LogP contribution in [0, 0.1) is 0 Å². The largest absolute Gasteiger partial charge is 0.459 e. The molecule has 1 rings (SSSR count). The fourth-order valence-corrected chi connectivity index (χ4v) is 1.25. The van der Waals surface area contributed by atoms with Crippen LogP contribution in [0.4, 0.5) is 0 Å². The quantitative estimate of drug-likeness (QED) is 0.563. The zero-order chi connectivity index (χ0) is 12.0. The molecule has 0 saturated carbocycles. The molecule has 6 heteroatoms. The van der Waals surface area contributed by atoms with Gasteiger partial charge in [-0.15, -0.1) is 0 Å². The van der Waals surface area contributed by atoms with Crippen LogP contribution in [-0.2, 0) is 30.4 Å². The van der Waals surface area contributed by atoms with Crippen molar-refractivity contribution >= 4 is 16.1 Å². The van der Waals surface area contributed by atoms with E-state index in [2.05, 4.69) is 4.18 Å². The number of carbonyl (C=O) groups excluding carboxylic acids is 1. The van der Waals surface area contributed by atoms with E-state index >= 15 is 0 Å². The third kappa shape index (κ3) is 5.47. The Labute approximate surface area is 94.1 Å². The second-order valence-corrected chi connectivity index (χ2v) is 4.76. The molecule has 0 N–H and O–H groups in total. The third-order valence-corrected chi connectivity index (χ3v) is 2.18. The number of hydrogen-bond donors (Lipinski definition) is 0. The highest BCUT2D eigenvalue weighted by molar-refractivity contribution is 7.86. The van der Waals surface area contributed by atoms with E-state index in [1.54, 1.807) is 12.1 Å². The number of carbonyl (C=O) groups is 1. The molecule has 1 aromatic rings. The first-order valence-corrected chi connectivity index (χ1v) is 6.33. The third-order valence-electron chi connectivity index (χ3n) is 1.63. The van der Waals surface area contributed by atoms with Gasteiger partial charge >= 0.3 is 5.97 Å². The molecule has 0 atom stereocenters. The second-order valence-electron chi connectivity index (χ2n) is 3.11. The minimum absolute atomic E-state index is 0.104. The van der Waals surface area contributed by atoms with Gasteiger partial charge in [-0.2, -0.15) is 8.42 Å². The summed E-state index contributed by atoms with van der Waals surface area (Å²) < 4.78 is 30.2. The fourth-order valence-electron chi connectivity index (χ4n) is 0.935. The van der Waals surface area contributed by atoms with Gasteiger partial charge in [-0.25, -0.2) is 4.79 Å². The van der Waals surface area contributed by atoms with Crippen molar-refractivity contribution in [3.8, 4) is 0 Å². The van der Waals surface area contributed by atoms with E-state index in [1.165, 1.54) is 0 Å². The summed E-state index contributed by atoms with van der Waals surface area (Å²) in [7, 11) is -3.60. The molecule has 5 nitrogen and oxygen atoms in total. The molecule has 0 unspecified atom stereocenters. The summed E-state index contributed by atoms with van der Waals surface area (Å²) in [6.45, 7) is -0.488. The van der Waals surface area contributed by atoms with E-state index in [-0.39, 0.29) is 6.61 Å². The monoisotopic (exact) mass is 244 g/mol. The first-order valence-electron chi connectivity index (χ1n) is 4.51. The van der Waals surface area contributed by atoms with Gasteiger partial charge in [0.1, 0.15) is 6.61 Å². The van der Waals surface area contributed by atoms with Crippen molar-refractivity contribution in [1.29, 1.82) is 0 Å². The van der Waals surface area contributed by atoms with Crippen molar-refractivity contribution in [2.24, 2.45) is 0 Å². The van der Waals surface area contributed by atoms with Gasteiger partial charge < -0.3 is 4.74 Å². The Morgan fingerprint density at radius 3 is 2.44 bits per heavy atom. The second kappa shape index (κ2) is 5.62. The first-order chi connectivity index (χ1) is 7.47. The van der Waals surface area contributed by atoms with Gasteiger partial charge in [0.25, 0.3) is 10.1 Å². The van der Waals surface area contributed by atoms with Crippen LogP contribution in [0.1, 0.15) is 5.56 Å². The molecular weight excluding hydrogens is 232 g/mol. The Hall–Kier alpha value is -1.40. The highest BCUT2D eigenvalue weighted by Gasteiger charge is 2.08. The van der Waals surface area contributed by atoms with Crippen LogP contribution in [0.25, 0.3) is 0 Å². The van der Waals surface area contributed by atoms with Gasteiger partial charge in [0.2, 0.25) is 0 Å². The highest BCUT2D eigenvalue weighted by Crippen LogP contribution is 2.01. The van der Waals surface area contributed by atoms with E-state index in [0.29, 0.717) is 0 Å². The molecule has 0 amide bonds. The van der Waals surface area contributed by atoms with E-state index in [0.717, 1.165) is 11.8 Å². The lowest BCUT2D eigenvalue weighted by atomic mass is 10.2. The van der Waals surface area contributed by atoms with Crippen LogP contribution in [0.2, 0.25) is 0 Å². The highest BCUT2D eigenvalue weighted by atomic mass is 32.2. The average molecular weight is 244 g/mol. The molecule has 0 aliphatic carbocycles. The van der Waals surface area contributed by atoms with E-state index in [4.69, 9.17) is 4.74 Å². The van der Waals surface area contributed by atoms with Crippen LogP contribution in [0.5, 0.6) is 0 Å². The summed E-state index contributed by atoms with van der Waals surface area (Å²) in [6.07, 6.45) is 0.872. The Bertz CT molecular complexity index is 438. The van der Waals surface area contributed by atoms with Crippen molar-refractivity contribution in [2.45, 2.75) is 6.61 Å². The average Bonchev–Trinajstić information content (AvgIpc) is 2.24. The predicted octanol–water partition coefficient (Wildman–Crippen LogP) is 0.706. The SMILES string of the molecule is CS(=O)(=O)OCC(=O)OCc1ccccc1. The Kier molecular flexibility index (Phi) is 4.45. The summed E-state index contributed by atoms with van der Waals surface area (Å²) in [4.78, 5) is 11.1. The molecular formula is C10H12O5S. The maximum atomic E-state index is 11.1. The molecule has 0 aliphatic heterocycles. The molecule has 0 spiro atoms. The van der Waals surface area contributed by atoms with Crippen LogP contribution < -0.4 is 0 Å². The molecule has 0 fully saturated rings. The normalized spacial score (nSPS) is 11.1. The van der Waals surface area contributed by atoms with Crippen LogP contribution >= 0.6 is 0 Å². The van der Waals surface area contributed by atoms with Gasteiger partial charge in [-0.05, 0) is 5.56 Å². The predicted molar refractivity (Wildman–Crippen MR) is 57.0 cm³/mol. The van der Waals surface area contributed by atoms with Gasteiger partial charge in [0, 0.05) is 0 Å². The van der Waals surface area contributed by atoms with Crippen LogP contribution in [0.15, 0.2) is 30.3 Å². The molecule has 16 heavy (non-hydrogen) atoms. The topological polar surface area (TPSA) is 69.7 Å². The Morgan fingerprint density at radius 1 is 1.25 bits per heavy atom. The molecule has 0 aromatic heterocycles. The van der Waals surface area contributed by atoms with Crippen molar-refractivity contribution in [1.82, 2.24) is 0 Å². The zero-order valence-corrected chi connectivity index (χ0v) is 9.57. The van der Waals surface area contributed by atoms with Crippen molar-refractivity contribution in [2.75, 3.05) is 12.9 Å². The number of benzene rings is 1. The molecule has 1 aromatic carbocycles. The Morgan fingerprint density at radius 2 is 1.88 bits per heavy atom. The van der Waals surface area contributed by atoms with Crippen molar-refractivity contribution in [3.63, 3.8) is 0 Å². The molecule has 0 saturated heterocycles. The van der Waals surface area contributed by atoms with Crippen molar-refractivity contribution in [3.05, 3.63) is 35.9 Å². The zero-order valence-electron chi connectivity index (χ0n) is 8.75. The van der Waals surface area contributed by atoms with Gasteiger partial charge in [0.05, 0.1) is 6.26 Å². The summed E-state index contributed by atoms with van der Waals surface area (Å²) in [5.74, 6) is -0.714. The standard InChI is InChI=1S/C10H12O5S/c1-16(12,13)15-8-10(11)14-7-9-5-3-2-4-6-9/h2-6H,7-8H2,1H3. The molecule has 0 heterocycles. The lowest BCUT2D eigenvalue weighted by molar-refractivity contribution is -0.147. The van der Waals surface area contributed by atoms with Gasteiger partial charge in [-0.3, -0.25) is 4.18 Å². The minimum Gasteiger partial charge on any atom is -0.459 e. The molecule has 0 aliphatic rings. The number of rotatable bonds is 5. The minimum atomic E-state index is -3.60. The number of esters is 1. The summed E-state index contributed by atoms with van der Waals surface area (Å²) >= 11 is 0. The van der Waals surface area contributed by atoms with Crippen LogP contribution in [-0.4, -0.2) is 27.2 Å². The first kappa shape index (κ1) is 12.7. The molecule has 0 bridgehead atoms. The van der Waals surface area contributed by atoms with Crippen molar-refractivity contribution < 1.29 is 22.1 Å². The summed E-state index contributed by atoms with van der Waals surface area (Å²) in [5, 5.41) is 0. The molecule has 88 valence electrons. The van der Waals surface area contributed by atoms with E-state index < -0.39 is 22.7 Å². The maximum Gasteiger partial charge on any atom is 0.333 e. The van der Waals surface area contributed by atoms with E-state index in [1.807, 2.05) is 18.2 Å². The van der Waals surface area contributed by atoms with Gasteiger partial charge in [-0.1, -0.05) is 30.3 Å². The summed E-state index contributed by atoms with van der Waals surface area (Å²) in [6, 6.07) is 9.07. The lowest BCUT2D eigenvalue weighted by Gasteiger charge is -2.04. The Balaban J connectivity index is 2.31. The number of ether oxygens (including phenoxy) is 1. The van der Waals surface area contributed by atoms with Crippen LogP contribution in [0.3, 0.4) is 0 Å². The summed E-state index contributed by atoms with van der Waals surface area (Å²) in [5.41, 5.74) is 0.829. The maximum absolute atomic E-state index is 11.1. The van der Waals surface area contributed by atoms with Gasteiger partial charge in [0.15, 0.2) is 6.61 Å². The fraction of sp³-hybridized carbons (Fsp3) is 0.300. The smallest absolute Gasteiger partial charge is 0.333 e. The molecule has 0 radical (unpaired) electrons. The lowest BCUT2D eigenvalue weighted by Crippen LogP contribution is -2.15. The van der Waals surface area contributed by atoms with E-state index in [9.17, 15) is 13.2 Å². The number of hydrogen-bond acceptors (Lipinski definition) is 5.